The summed E-state index contributed by atoms with van der Waals surface area (Å²) in [4.78, 5) is 0. The topological polar surface area (TPSA) is 9.23 Å². The summed E-state index contributed by atoms with van der Waals surface area (Å²) < 4.78 is 6.10. The van der Waals surface area contributed by atoms with Crippen LogP contribution in [0, 0.1) is 0 Å². The van der Waals surface area contributed by atoms with E-state index in [2.05, 4.69) is 57.0 Å². The summed E-state index contributed by atoms with van der Waals surface area (Å²) in [6.45, 7) is 11.9. The average molecular weight is 226 g/mol. The third-order valence-corrected chi connectivity index (χ3v) is 13.8. The van der Waals surface area contributed by atoms with Crippen molar-refractivity contribution in [2.45, 2.75) is 37.4 Å². The van der Waals surface area contributed by atoms with E-state index in [-0.39, 0.29) is 4.66 Å². The van der Waals surface area contributed by atoms with Crippen molar-refractivity contribution in [2.75, 3.05) is 7.11 Å². The van der Waals surface area contributed by atoms with Crippen LogP contribution in [0.2, 0.25) is 37.4 Å². The lowest BCUT2D eigenvalue weighted by molar-refractivity contribution is 0.396. The van der Waals surface area contributed by atoms with Crippen LogP contribution in [-0.2, 0) is 4.43 Å². The minimum absolute atomic E-state index is 0.273. The van der Waals surface area contributed by atoms with E-state index in [1.807, 2.05) is 7.11 Å². The first-order chi connectivity index (χ1) is 6.27. The van der Waals surface area contributed by atoms with Crippen molar-refractivity contribution in [3.63, 3.8) is 0 Å². The molecule has 3 heteroatoms. The molecule has 1 nitrogen and oxygen atoms in total. The molecule has 0 aliphatic heterocycles. The van der Waals surface area contributed by atoms with Gasteiger partial charge in [-0.3, -0.25) is 0 Å². The molecule has 1 aliphatic rings. The molecule has 0 radical (unpaired) electrons. The van der Waals surface area contributed by atoms with Crippen molar-refractivity contribution in [3.05, 3.63) is 24.3 Å². The molecule has 0 unspecified atom stereocenters. The summed E-state index contributed by atoms with van der Waals surface area (Å²) in [6.07, 6.45) is 9.14. The summed E-state index contributed by atoms with van der Waals surface area (Å²) >= 11 is 0. The SMILES string of the molecule is CO[Si](C)(C)C1([Si](C)(C)C)C=CC=C1. The molecule has 0 N–H and O–H groups in total. The van der Waals surface area contributed by atoms with Gasteiger partial charge in [-0.25, -0.2) is 0 Å². The maximum Gasteiger partial charge on any atom is 0.197 e. The van der Waals surface area contributed by atoms with E-state index in [0.717, 1.165) is 0 Å². The minimum Gasteiger partial charge on any atom is -0.420 e. The van der Waals surface area contributed by atoms with E-state index in [0.29, 0.717) is 0 Å². The molecule has 0 heterocycles. The highest BCUT2D eigenvalue weighted by Gasteiger charge is 2.53. The van der Waals surface area contributed by atoms with Gasteiger partial charge in [0, 0.05) is 11.8 Å². The van der Waals surface area contributed by atoms with Crippen molar-refractivity contribution >= 4 is 16.4 Å². The summed E-state index contributed by atoms with van der Waals surface area (Å²) in [6, 6.07) is 0. The molecule has 0 atom stereocenters. The molecule has 14 heavy (non-hydrogen) atoms. The van der Waals surface area contributed by atoms with E-state index in [9.17, 15) is 0 Å². The molecule has 0 amide bonds. The zero-order chi connectivity index (χ0) is 11.0. The number of allylic oxidation sites excluding steroid dienone is 4. The Balaban J connectivity index is 3.21. The van der Waals surface area contributed by atoms with E-state index < -0.39 is 16.4 Å². The Morgan fingerprint density at radius 1 is 0.929 bits per heavy atom. The van der Waals surface area contributed by atoms with Crippen LogP contribution in [0.15, 0.2) is 24.3 Å². The van der Waals surface area contributed by atoms with Gasteiger partial charge in [0.2, 0.25) is 0 Å². The van der Waals surface area contributed by atoms with Gasteiger partial charge in [-0.2, -0.15) is 0 Å². The molecule has 1 aliphatic carbocycles. The van der Waals surface area contributed by atoms with Gasteiger partial charge in [-0.15, -0.1) is 0 Å². The summed E-state index contributed by atoms with van der Waals surface area (Å²) in [5, 5.41) is 0. The van der Waals surface area contributed by atoms with Gasteiger partial charge in [-0.05, 0) is 13.1 Å². The second kappa shape index (κ2) is 3.47. The second-order valence-corrected chi connectivity index (χ2v) is 15.6. The maximum atomic E-state index is 5.82. The Morgan fingerprint density at radius 3 is 1.64 bits per heavy atom. The molecule has 0 saturated heterocycles. The molecule has 0 aromatic heterocycles. The first-order valence-electron chi connectivity index (χ1n) is 5.19. The maximum absolute atomic E-state index is 5.82. The van der Waals surface area contributed by atoms with Crippen LogP contribution in [0.4, 0.5) is 0 Å². The van der Waals surface area contributed by atoms with Crippen LogP contribution in [0.1, 0.15) is 0 Å². The predicted molar refractivity (Wildman–Crippen MR) is 68.8 cm³/mol. The molecule has 0 saturated carbocycles. The molecule has 0 aromatic rings. The van der Waals surface area contributed by atoms with Crippen LogP contribution in [0.3, 0.4) is 0 Å². The lowest BCUT2D eigenvalue weighted by atomic mass is 10.4. The third-order valence-electron chi connectivity index (χ3n) is 3.58. The Bertz CT molecular complexity index is 260. The standard InChI is InChI=1S/C11H22OSi2/c1-12-14(5,6)11(13(2,3)4)9-7-8-10-11/h7-10H,1-6H3. The first-order valence-corrected chi connectivity index (χ1v) is 11.6. The zero-order valence-electron chi connectivity index (χ0n) is 10.2. The summed E-state index contributed by atoms with van der Waals surface area (Å²) in [5.41, 5.74) is 0. The highest BCUT2D eigenvalue weighted by Crippen LogP contribution is 2.51. The Hall–Kier alpha value is -0.126. The predicted octanol–water partition coefficient (Wildman–Crippen LogP) is 3.58. The molecule has 80 valence electrons. The van der Waals surface area contributed by atoms with Crippen molar-refractivity contribution in [1.29, 1.82) is 0 Å². The summed E-state index contributed by atoms with van der Waals surface area (Å²) in [7, 11) is -1.04. The smallest absolute Gasteiger partial charge is 0.197 e. The Kier molecular flexibility index (Phi) is 2.96. The monoisotopic (exact) mass is 226 g/mol. The van der Waals surface area contributed by atoms with Gasteiger partial charge in [0.1, 0.15) is 0 Å². The third kappa shape index (κ3) is 1.57. The van der Waals surface area contributed by atoms with Crippen molar-refractivity contribution in [3.8, 4) is 0 Å². The highest BCUT2D eigenvalue weighted by molar-refractivity contribution is 6.98. The van der Waals surface area contributed by atoms with E-state index in [1.54, 1.807) is 0 Å². The van der Waals surface area contributed by atoms with Crippen molar-refractivity contribution < 1.29 is 4.43 Å². The fourth-order valence-electron chi connectivity index (χ4n) is 2.44. The van der Waals surface area contributed by atoms with E-state index in [1.165, 1.54) is 0 Å². The van der Waals surface area contributed by atoms with Crippen LogP contribution >= 0.6 is 0 Å². The molecular weight excluding hydrogens is 204 g/mol. The molecule has 0 spiro atoms. The fourth-order valence-corrected chi connectivity index (χ4v) is 12.5. The van der Waals surface area contributed by atoms with E-state index in [4.69, 9.17) is 4.43 Å². The van der Waals surface area contributed by atoms with Crippen molar-refractivity contribution in [2.24, 2.45) is 0 Å². The first kappa shape index (κ1) is 11.9. The van der Waals surface area contributed by atoms with Gasteiger partial charge >= 0.3 is 0 Å². The summed E-state index contributed by atoms with van der Waals surface area (Å²) in [5.74, 6) is 0. The van der Waals surface area contributed by atoms with Gasteiger partial charge in [-0.1, -0.05) is 43.9 Å². The number of hydrogen-bond donors (Lipinski definition) is 0. The van der Waals surface area contributed by atoms with Gasteiger partial charge in [0.15, 0.2) is 8.32 Å². The van der Waals surface area contributed by atoms with Crippen LogP contribution in [0.25, 0.3) is 0 Å². The lowest BCUT2D eigenvalue weighted by Gasteiger charge is -2.47. The molecular formula is C11H22OSi2. The Morgan fingerprint density at radius 2 is 1.36 bits per heavy atom. The second-order valence-electron chi connectivity index (χ2n) is 5.55. The van der Waals surface area contributed by atoms with Crippen LogP contribution in [0.5, 0.6) is 0 Å². The quantitative estimate of drug-likeness (QED) is 0.668. The molecule has 0 fully saturated rings. The number of rotatable bonds is 3. The fraction of sp³-hybridized carbons (Fsp3) is 0.636. The normalized spacial score (nSPS) is 20.4. The molecule has 0 aromatic carbocycles. The van der Waals surface area contributed by atoms with Gasteiger partial charge in [0.05, 0.1) is 8.07 Å². The van der Waals surface area contributed by atoms with Gasteiger partial charge < -0.3 is 4.43 Å². The van der Waals surface area contributed by atoms with Gasteiger partial charge in [0.25, 0.3) is 0 Å². The molecule has 1 rings (SSSR count). The van der Waals surface area contributed by atoms with Crippen molar-refractivity contribution in [1.82, 2.24) is 0 Å². The van der Waals surface area contributed by atoms with Crippen LogP contribution < -0.4 is 0 Å². The minimum atomic E-state index is -1.64. The molecule has 0 bridgehead atoms. The van der Waals surface area contributed by atoms with Crippen LogP contribution in [-0.4, -0.2) is 23.5 Å². The zero-order valence-corrected chi connectivity index (χ0v) is 12.2. The highest BCUT2D eigenvalue weighted by atomic mass is 28.4. The number of hydrogen-bond acceptors (Lipinski definition) is 1. The average Bonchev–Trinajstić information content (AvgIpc) is 2.52. The Labute approximate surface area is 90.0 Å². The van der Waals surface area contributed by atoms with E-state index >= 15 is 0 Å². The lowest BCUT2D eigenvalue weighted by Crippen LogP contribution is -2.54. The largest absolute Gasteiger partial charge is 0.420 e.